The fraction of sp³-hybridized carbons (Fsp3) is 0.133. The molecule has 0 aromatic heterocycles. The van der Waals surface area contributed by atoms with Crippen molar-refractivity contribution >= 4 is 270 Å². The van der Waals surface area contributed by atoms with E-state index < -0.39 is 23.5 Å². The molecule has 16 nitrogen and oxygen atoms in total. The SMILES string of the molecule is C.CC(=O)COc1ccc(/C=C2\SC(=S)N(c3cccc(C)c3)C2=O)cc1.CC(=O)c1ccc(/C=C2\SC(=S)N(c3cc(C)cc(C)c3)C2=O)cc1.CC(=O)c1ccc(/C=C2\SC(=S)N(c3ccc(Cl)c(C)c3)C2=O)cc1.CC(=O)c1ccc(/C=C2\SC(=S)N(c3ccc(F)c(C)c3)C2=O)cc1.CC(=O)c1cccc(/C=C2\SC(=S)N(c3ccc(F)c(C(F)(F)F)c3)C2=O)c1. The van der Waals surface area contributed by atoms with Gasteiger partial charge in [-0.3, -0.25) is 72.4 Å². The largest absolute Gasteiger partial charge is 0.486 e. The lowest BCUT2D eigenvalue weighted by atomic mass is 10.1. The molecule has 32 heteroatoms. The maximum Gasteiger partial charge on any atom is 0.419 e. The zero-order valence-corrected chi connectivity index (χ0v) is 78.9. The van der Waals surface area contributed by atoms with Gasteiger partial charge in [-0.25, -0.2) is 8.78 Å². The summed E-state index contributed by atoms with van der Waals surface area (Å²) >= 11 is 38.6. The highest BCUT2D eigenvalue weighted by Crippen LogP contribution is 2.44. The van der Waals surface area contributed by atoms with E-state index in [2.05, 4.69) is 6.07 Å². The maximum atomic E-state index is 13.5. The van der Waals surface area contributed by atoms with Gasteiger partial charge in [-0.1, -0.05) is 260 Å². The van der Waals surface area contributed by atoms with Gasteiger partial charge in [0.25, 0.3) is 29.5 Å². The van der Waals surface area contributed by atoms with Crippen LogP contribution in [0.4, 0.5) is 50.4 Å². The Bertz CT molecular complexity index is 6320. The number of carbonyl (C=O) groups is 10. The van der Waals surface area contributed by atoms with Gasteiger partial charge in [-0.2, -0.15) is 13.2 Å². The van der Waals surface area contributed by atoms with Gasteiger partial charge in [-0.05, 0) is 252 Å². The number of hydrogen-bond donors (Lipinski definition) is 0. The first kappa shape index (κ1) is 101. The van der Waals surface area contributed by atoms with E-state index in [1.807, 2.05) is 119 Å². The number of thioether (sulfide) groups is 5. The number of rotatable bonds is 17. The van der Waals surface area contributed by atoms with Gasteiger partial charge in [0, 0.05) is 27.3 Å². The number of aryl methyl sites for hydroxylation is 5. The molecule has 0 aliphatic carbocycles. The molecule has 0 unspecified atom stereocenters. The topological polar surface area (TPSA) is 196 Å². The van der Waals surface area contributed by atoms with E-state index in [0.29, 0.717) is 105 Å². The fourth-order valence-corrected chi connectivity index (χ4v) is 19.2. The minimum atomic E-state index is -4.90. The number of Topliss-reactive ketones (excluding diaryl/α,β-unsaturated/α-hetero) is 5. The smallest absolute Gasteiger partial charge is 0.419 e. The summed E-state index contributed by atoms with van der Waals surface area (Å²) in [6, 6.07) is 60.9. The van der Waals surface area contributed by atoms with Crippen LogP contribution in [0.2, 0.25) is 5.02 Å². The monoisotopic (exact) mass is 1950 g/mol. The number of ketones is 5. The van der Waals surface area contributed by atoms with Crippen molar-refractivity contribution in [3.8, 4) is 5.75 Å². The Morgan fingerprint density at radius 2 is 0.677 bits per heavy atom. The molecule has 15 rings (SSSR count). The number of halogens is 6. The Hall–Kier alpha value is -11.5. The van der Waals surface area contributed by atoms with E-state index >= 15 is 0 Å². The highest BCUT2D eigenvalue weighted by molar-refractivity contribution is 8.29. The van der Waals surface area contributed by atoms with Crippen LogP contribution in [-0.2, 0) is 34.9 Å². The van der Waals surface area contributed by atoms with Crippen molar-refractivity contribution in [2.45, 2.75) is 82.8 Å². The summed E-state index contributed by atoms with van der Waals surface area (Å²) in [5.41, 5.74) is 12.1. The molecule has 10 aromatic carbocycles. The third-order valence-electron chi connectivity index (χ3n) is 19.1. The third kappa shape index (κ3) is 25.6. The highest BCUT2D eigenvalue weighted by atomic mass is 35.5. The van der Waals surface area contributed by atoms with Crippen LogP contribution < -0.4 is 29.2 Å². The number of amides is 5. The van der Waals surface area contributed by atoms with Gasteiger partial charge in [-0.15, -0.1) is 0 Å². The van der Waals surface area contributed by atoms with Crippen LogP contribution in [0.15, 0.2) is 243 Å². The molecule has 662 valence electrons. The van der Waals surface area contributed by atoms with Crippen LogP contribution in [0.3, 0.4) is 0 Å². The highest BCUT2D eigenvalue weighted by Gasteiger charge is 2.41. The minimum absolute atomic E-state index is 0. The number of carbonyl (C=O) groups excluding carboxylic acids is 10. The van der Waals surface area contributed by atoms with E-state index in [-0.39, 0.29) is 87.3 Å². The number of nitrogens with zero attached hydrogens (tertiary/aromatic N) is 5. The van der Waals surface area contributed by atoms with Crippen LogP contribution in [0, 0.1) is 46.3 Å². The van der Waals surface area contributed by atoms with Crippen LogP contribution >= 0.6 is 131 Å². The van der Waals surface area contributed by atoms with E-state index in [0.717, 1.165) is 78.6 Å². The standard InChI is InChI=1S/C20H17NO3S2.C20H17NO2S2.C19H14ClNO2S2.C19H11F4NO2S2.C19H14FNO2S2.CH4/c1-13-4-3-5-16(10-13)21-19(23)18(26-20(21)25)11-15-6-8-17(9-7-15)24-12-14(2)22;1-12-8-13(2)10-17(9-12)21-19(23)18(25-20(21)24)11-15-4-6-16(7-5-15)14(3)22;1-11-9-15(7-8-16(11)20)21-18(23)17(25-19(21)24)10-13-3-5-14(6-4-13)12(2)22;1-10(25)12-4-2-3-11(7-12)8-16-17(26)24(18(27)28-16)13-5-6-15(20)14(9-13)19(21,22)23;1-11-9-15(7-8-16(11)20)21-18(23)17(25-19(21)24)10-13-3-5-14(6-4-13)12(2)22;/h3-11H,12H2,1-2H3;4-11H,1-3H3;3-10H,1-2H3;2-9H,1H3;3-10H,1-2H3;1H4/b2*18-11-;17-10-;16-8-;17-10-;. The second-order valence-electron chi connectivity index (χ2n) is 29.1. The second-order valence-corrected chi connectivity index (χ2v) is 37.9. The van der Waals surface area contributed by atoms with E-state index in [1.54, 1.807) is 132 Å². The molecule has 10 aromatic rings. The maximum absolute atomic E-state index is 13.5. The third-order valence-corrected chi connectivity index (χ3v) is 26.0. The normalized spacial score (nSPS) is 15.8. The summed E-state index contributed by atoms with van der Waals surface area (Å²) in [5, 5.41) is 0.648. The Morgan fingerprint density at radius 3 is 1.03 bits per heavy atom. The predicted octanol–water partition coefficient (Wildman–Crippen LogP) is 25.4. The van der Waals surface area contributed by atoms with E-state index in [1.165, 1.54) is 110 Å². The lowest BCUT2D eigenvalue weighted by Crippen LogP contribution is -2.28. The zero-order chi connectivity index (χ0) is 93.7. The van der Waals surface area contributed by atoms with Gasteiger partial charge < -0.3 is 4.74 Å². The summed E-state index contributed by atoms with van der Waals surface area (Å²) < 4.78 is 73.2. The molecule has 0 N–H and O–H groups in total. The zero-order valence-electron chi connectivity index (χ0n) is 70.0. The number of anilines is 5. The van der Waals surface area contributed by atoms with Crippen LogP contribution in [0.5, 0.6) is 5.75 Å². The van der Waals surface area contributed by atoms with Crippen molar-refractivity contribution in [1.29, 1.82) is 0 Å². The van der Waals surface area contributed by atoms with Gasteiger partial charge in [0.2, 0.25) is 0 Å². The van der Waals surface area contributed by atoms with Gasteiger partial charge in [0.05, 0.1) is 58.5 Å². The number of hydrogen-bond acceptors (Lipinski definition) is 21. The Kier molecular flexibility index (Phi) is 34.4. The molecule has 5 aliphatic heterocycles. The van der Waals surface area contributed by atoms with Crippen LogP contribution in [0.25, 0.3) is 30.4 Å². The minimum Gasteiger partial charge on any atom is -0.486 e. The Labute approximate surface area is 800 Å². The molecular formula is C98H77ClF5N5O11S10. The molecule has 5 aliphatic rings. The molecule has 0 atom stereocenters. The number of thiocarbonyl (C=S) groups is 5. The molecular weight excluding hydrogens is 1870 g/mol. The molecule has 5 heterocycles. The predicted molar refractivity (Wildman–Crippen MR) is 539 cm³/mol. The summed E-state index contributed by atoms with van der Waals surface area (Å²) in [6.45, 7) is 17.0. The van der Waals surface area contributed by atoms with E-state index in [9.17, 15) is 69.9 Å². The van der Waals surface area contributed by atoms with Crippen LogP contribution in [0.1, 0.15) is 145 Å². The molecule has 0 bridgehead atoms. The lowest BCUT2D eigenvalue weighted by molar-refractivity contribution is -0.140. The molecule has 130 heavy (non-hydrogen) atoms. The lowest BCUT2D eigenvalue weighted by Gasteiger charge is -2.17. The first-order chi connectivity index (χ1) is 61.1. The van der Waals surface area contributed by atoms with Crippen molar-refractivity contribution in [1.82, 2.24) is 0 Å². The van der Waals surface area contributed by atoms with Crippen molar-refractivity contribution in [2.75, 3.05) is 31.1 Å². The van der Waals surface area contributed by atoms with Gasteiger partial charge >= 0.3 is 6.18 Å². The molecule has 5 fully saturated rings. The molecule has 0 spiro atoms. The average molecular weight is 1950 g/mol. The second kappa shape index (κ2) is 44.4. The van der Waals surface area contributed by atoms with Gasteiger partial charge in [0.1, 0.15) is 24.0 Å². The van der Waals surface area contributed by atoms with Crippen molar-refractivity contribution in [2.24, 2.45) is 0 Å². The first-order valence-corrected chi connectivity index (χ1v) is 45.2. The van der Waals surface area contributed by atoms with E-state index in [4.69, 9.17) is 77.4 Å². The molecule has 5 amide bonds. The fourth-order valence-electron chi connectivity index (χ4n) is 12.6. The molecule has 0 radical (unpaired) electrons. The number of alkyl halides is 3. The molecule has 0 saturated carbocycles. The Balaban J connectivity index is 0.000000169. The summed E-state index contributed by atoms with van der Waals surface area (Å²) in [5.74, 6) is -2.56. The first-order valence-electron chi connectivity index (χ1n) is 38.7. The summed E-state index contributed by atoms with van der Waals surface area (Å²) in [7, 11) is 0. The van der Waals surface area contributed by atoms with Gasteiger partial charge in [0.15, 0.2) is 50.5 Å². The Morgan fingerprint density at radius 1 is 0.354 bits per heavy atom. The van der Waals surface area contributed by atoms with Crippen molar-refractivity contribution in [3.63, 3.8) is 0 Å². The molecule has 5 saturated heterocycles. The number of benzene rings is 10. The van der Waals surface area contributed by atoms with Crippen molar-refractivity contribution in [3.05, 3.63) is 343 Å². The van der Waals surface area contributed by atoms with Crippen LogP contribution in [-0.4, -0.2) is 86.7 Å². The van der Waals surface area contributed by atoms with Crippen molar-refractivity contribution < 1.29 is 74.6 Å². The summed E-state index contributed by atoms with van der Waals surface area (Å²) in [4.78, 5) is 130. The summed E-state index contributed by atoms with van der Waals surface area (Å²) in [6.07, 6.45) is 3.74. The average Bonchev–Trinajstić information content (AvgIpc) is 1.54. The quantitative estimate of drug-likeness (QED) is 0.0361. The number of ether oxygens (including phenoxy) is 1.